The first-order valence-corrected chi connectivity index (χ1v) is 4.87. The summed E-state index contributed by atoms with van der Waals surface area (Å²) in [5.74, 6) is -0.771. The Morgan fingerprint density at radius 1 is 1.24 bits per heavy atom. The first kappa shape index (κ1) is 13.7. The zero-order valence-electron chi connectivity index (χ0n) is 8.84. The molecule has 0 saturated heterocycles. The molecule has 7 heteroatoms. The second-order valence-electron chi connectivity index (χ2n) is 3.16. The number of halogens is 4. The fraction of sp³-hybridized carbons (Fsp3) is 0.500. The maximum Gasteiger partial charge on any atom is 0.411 e. The monoisotopic (exact) mass is 253 g/mol. The Bertz CT molecular complexity index is 343. The Morgan fingerprint density at radius 3 is 2.65 bits per heavy atom. The van der Waals surface area contributed by atoms with Gasteiger partial charge in [0.2, 0.25) is 0 Å². The van der Waals surface area contributed by atoms with E-state index in [9.17, 15) is 17.6 Å². The van der Waals surface area contributed by atoms with Gasteiger partial charge in [-0.15, -0.1) is 0 Å². The molecule has 0 N–H and O–H groups in total. The smallest absolute Gasteiger partial charge is 0.411 e. The first-order chi connectivity index (χ1) is 7.99. The summed E-state index contributed by atoms with van der Waals surface area (Å²) in [5, 5.41) is 0. The van der Waals surface area contributed by atoms with Crippen molar-refractivity contribution in [3.8, 4) is 5.75 Å². The summed E-state index contributed by atoms with van der Waals surface area (Å²) in [6.07, 6.45) is -2.81. The van der Waals surface area contributed by atoms with Gasteiger partial charge in [-0.2, -0.15) is 17.6 Å². The van der Waals surface area contributed by atoms with Crippen molar-refractivity contribution in [1.82, 2.24) is 4.98 Å². The van der Waals surface area contributed by atoms with Gasteiger partial charge >= 0.3 is 6.18 Å². The molecular weight excluding hydrogens is 242 g/mol. The van der Waals surface area contributed by atoms with Crippen molar-refractivity contribution in [2.24, 2.45) is 0 Å². The lowest BCUT2D eigenvalue weighted by atomic mass is 10.4. The van der Waals surface area contributed by atoms with E-state index in [2.05, 4.69) is 9.72 Å². The fourth-order valence-electron chi connectivity index (χ4n) is 1.01. The molecule has 0 unspecified atom stereocenters. The molecule has 1 aromatic heterocycles. The van der Waals surface area contributed by atoms with E-state index >= 15 is 0 Å². The van der Waals surface area contributed by atoms with Crippen molar-refractivity contribution in [3.05, 3.63) is 24.3 Å². The van der Waals surface area contributed by atoms with E-state index < -0.39 is 18.7 Å². The molecular formula is C10H11F4NO2. The maximum absolute atomic E-state index is 12.9. The summed E-state index contributed by atoms with van der Waals surface area (Å²) < 4.78 is 57.2. The average Bonchev–Trinajstić information content (AvgIpc) is 2.24. The Labute approximate surface area is 95.4 Å². The quantitative estimate of drug-likeness (QED) is 0.443. The third-order valence-corrected chi connectivity index (χ3v) is 1.68. The van der Waals surface area contributed by atoms with Crippen LogP contribution in [-0.4, -0.2) is 31.0 Å². The van der Waals surface area contributed by atoms with Crippen molar-refractivity contribution in [2.45, 2.75) is 12.6 Å². The number of rotatable bonds is 6. The second kappa shape index (κ2) is 6.39. The third kappa shape index (κ3) is 6.06. The van der Waals surface area contributed by atoms with Gasteiger partial charge in [0.05, 0.1) is 13.2 Å². The second-order valence-corrected chi connectivity index (χ2v) is 3.16. The topological polar surface area (TPSA) is 31.4 Å². The van der Waals surface area contributed by atoms with Crippen LogP contribution in [0.2, 0.25) is 0 Å². The van der Waals surface area contributed by atoms with Gasteiger partial charge < -0.3 is 9.47 Å². The molecule has 0 spiro atoms. The molecule has 0 saturated carbocycles. The molecule has 0 aromatic carbocycles. The summed E-state index contributed by atoms with van der Waals surface area (Å²) in [6.45, 7) is -1.31. The molecule has 96 valence electrons. The first-order valence-electron chi connectivity index (χ1n) is 4.87. The van der Waals surface area contributed by atoms with Gasteiger partial charge in [-0.25, -0.2) is 4.98 Å². The molecule has 0 fully saturated rings. The highest BCUT2D eigenvalue weighted by Crippen LogP contribution is 2.15. The lowest BCUT2D eigenvalue weighted by Crippen LogP contribution is -2.18. The van der Waals surface area contributed by atoms with Gasteiger partial charge in [-0.1, -0.05) is 0 Å². The number of hydrogen-bond donors (Lipinski definition) is 0. The van der Waals surface area contributed by atoms with Crippen LogP contribution < -0.4 is 4.74 Å². The van der Waals surface area contributed by atoms with E-state index in [0.29, 0.717) is 0 Å². The van der Waals surface area contributed by atoms with E-state index in [1.165, 1.54) is 18.3 Å². The predicted octanol–water partition coefficient (Wildman–Crippen LogP) is 2.57. The van der Waals surface area contributed by atoms with Crippen molar-refractivity contribution >= 4 is 0 Å². The Morgan fingerprint density at radius 2 is 2.00 bits per heavy atom. The van der Waals surface area contributed by atoms with Crippen LogP contribution in [0.5, 0.6) is 5.75 Å². The lowest BCUT2D eigenvalue weighted by molar-refractivity contribution is -0.174. The molecule has 0 amide bonds. The molecule has 0 aliphatic rings. The Hall–Kier alpha value is -1.37. The molecule has 0 bridgehead atoms. The van der Waals surface area contributed by atoms with Crippen LogP contribution >= 0.6 is 0 Å². The number of hydrogen-bond acceptors (Lipinski definition) is 3. The van der Waals surface area contributed by atoms with Gasteiger partial charge in [0.1, 0.15) is 6.61 Å². The van der Waals surface area contributed by atoms with Crippen LogP contribution in [0.15, 0.2) is 18.3 Å². The van der Waals surface area contributed by atoms with Crippen LogP contribution in [0, 0.1) is 5.95 Å². The van der Waals surface area contributed by atoms with Crippen LogP contribution in [0.4, 0.5) is 17.6 Å². The minimum Gasteiger partial charge on any atom is -0.489 e. The van der Waals surface area contributed by atoms with Crippen molar-refractivity contribution in [2.75, 3.05) is 19.8 Å². The number of alkyl halides is 3. The standard InChI is InChI=1S/C10H11F4NO2/c11-9-8(3-1-4-15-9)17-6-2-5-16-7-10(12,13)14/h1,3-4H,2,5-7H2. The van der Waals surface area contributed by atoms with E-state index in [4.69, 9.17) is 4.74 Å². The highest BCUT2D eigenvalue weighted by molar-refractivity contribution is 5.17. The Balaban J connectivity index is 2.11. The molecule has 1 rings (SSSR count). The molecule has 0 atom stereocenters. The maximum atomic E-state index is 12.9. The largest absolute Gasteiger partial charge is 0.489 e. The van der Waals surface area contributed by atoms with Crippen LogP contribution in [0.25, 0.3) is 0 Å². The predicted molar refractivity (Wildman–Crippen MR) is 51.2 cm³/mol. The number of aromatic nitrogens is 1. The van der Waals surface area contributed by atoms with E-state index in [-0.39, 0.29) is 25.4 Å². The Kier molecular flexibility index (Phi) is 5.14. The van der Waals surface area contributed by atoms with E-state index in [0.717, 1.165) is 0 Å². The van der Waals surface area contributed by atoms with E-state index in [1.54, 1.807) is 0 Å². The molecule has 1 aromatic rings. The molecule has 17 heavy (non-hydrogen) atoms. The number of ether oxygens (including phenoxy) is 2. The molecule has 0 aliphatic heterocycles. The normalized spacial score (nSPS) is 11.5. The molecule has 0 radical (unpaired) electrons. The third-order valence-electron chi connectivity index (χ3n) is 1.68. The zero-order valence-corrected chi connectivity index (χ0v) is 8.84. The molecule has 3 nitrogen and oxygen atoms in total. The van der Waals surface area contributed by atoms with Gasteiger partial charge in [-0.05, 0) is 12.1 Å². The van der Waals surface area contributed by atoms with Crippen molar-refractivity contribution in [1.29, 1.82) is 0 Å². The van der Waals surface area contributed by atoms with Gasteiger partial charge in [0.15, 0.2) is 5.75 Å². The number of pyridine rings is 1. The SMILES string of the molecule is Fc1ncccc1OCCCOCC(F)(F)F. The highest BCUT2D eigenvalue weighted by atomic mass is 19.4. The minimum atomic E-state index is -4.32. The molecule has 1 heterocycles. The number of nitrogens with zero attached hydrogens (tertiary/aromatic N) is 1. The highest BCUT2D eigenvalue weighted by Gasteiger charge is 2.27. The van der Waals surface area contributed by atoms with Crippen LogP contribution in [0.3, 0.4) is 0 Å². The molecule has 0 aliphatic carbocycles. The van der Waals surface area contributed by atoms with Gasteiger partial charge in [-0.3, -0.25) is 0 Å². The van der Waals surface area contributed by atoms with Crippen molar-refractivity contribution < 1.29 is 27.0 Å². The summed E-state index contributed by atoms with van der Waals surface area (Å²) in [7, 11) is 0. The summed E-state index contributed by atoms with van der Waals surface area (Å²) in [4.78, 5) is 3.35. The van der Waals surface area contributed by atoms with Crippen LogP contribution in [0.1, 0.15) is 6.42 Å². The van der Waals surface area contributed by atoms with Crippen LogP contribution in [-0.2, 0) is 4.74 Å². The summed E-state index contributed by atoms with van der Waals surface area (Å²) in [5.41, 5.74) is 0. The summed E-state index contributed by atoms with van der Waals surface area (Å²) >= 11 is 0. The van der Waals surface area contributed by atoms with Gasteiger partial charge in [0.25, 0.3) is 5.95 Å². The minimum absolute atomic E-state index is 0.0247. The van der Waals surface area contributed by atoms with Gasteiger partial charge in [0, 0.05) is 12.6 Å². The van der Waals surface area contributed by atoms with Crippen molar-refractivity contribution in [3.63, 3.8) is 0 Å². The summed E-state index contributed by atoms with van der Waals surface area (Å²) in [6, 6.07) is 2.89. The zero-order chi connectivity index (χ0) is 12.7. The lowest BCUT2D eigenvalue weighted by Gasteiger charge is -2.08. The average molecular weight is 253 g/mol. The fourth-order valence-corrected chi connectivity index (χ4v) is 1.01. The van der Waals surface area contributed by atoms with E-state index in [1.807, 2.05) is 0 Å².